The van der Waals surface area contributed by atoms with Crippen molar-refractivity contribution in [3.63, 3.8) is 0 Å². The van der Waals surface area contributed by atoms with Crippen LogP contribution in [0.2, 0.25) is 0 Å². The maximum absolute atomic E-state index is 11.4. The van der Waals surface area contributed by atoms with Crippen LogP contribution in [0.3, 0.4) is 0 Å². The van der Waals surface area contributed by atoms with E-state index in [1.807, 2.05) is 93.5 Å². The first-order valence-electron chi connectivity index (χ1n) is 17.9. The summed E-state index contributed by atoms with van der Waals surface area (Å²) < 4.78 is 26.2. The Kier molecular flexibility index (Phi) is 12.2. The van der Waals surface area contributed by atoms with Gasteiger partial charge in [-0.2, -0.15) is 9.97 Å². The number of nitrogens with one attached hydrogen (secondary N) is 2. The molecule has 0 radical (unpaired) electrons. The van der Waals surface area contributed by atoms with Crippen LogP contribution in [-0.2, 0) is 0 Å². The molecule has 0 amide bonds. The Labute approximate surface area is 304 Å². The molecule has 4 aromatic rings. The second kappa shape index (κ2) is 15.9. The number of hydrogen-bond acceptors (Lipinski definition) is 12. The van der Waals surface area contributed by atoms with Crippen molar-refractivity contribution in [2.24, 2.45) is 0 Å². The molecule has 50 heavy (non-hydrogen) atoms. The quantitative estimate of drug-likeness (QED) is 0.101. The molecule has 276 valence electrons. The third kappa shape index (κ3) is 9.98. The Morgan fingerprint density at radius 3 is 1.66 bits per heavy atom. The summed E-state index contributed by atoms with van der Waals surface area (Å²) in [5.74, 6) is 1.40. The molecular formula is C38H56N4O6S2. The second-order valence-corrected chi connectivity index (χ2v) is 17.7. The standard InChI is InChI=1S/C38H56N4O6S2/c1-21(2)45-35-41-31-29(47-37(5,6)7)17-15-25(33(31)49-35)27(20-43)40-24-13-11-23(12-14-24)39-19-28(44)26-16-18-30(48-38(8,9)10)32-34(26)50-36(42-32)46-22(3)4/h15-18,21-24,27-28,39-40,43-44H,11-14,19-20H2,1-10H3/t23?,24?,27-,28+/m0/s1. The van der Waals surface area contributed by atoms with Gasteiger partial charge in [-0.1, -0.05) is 34.8 Å². The predicted molar refractivity (Wildman–Crippen MR) is 203 cm³/mol. The molecule has 0 unspecified atom stereocenters. The molecule has 0 bridgehead atoms. The smallest absolute Gasteiger partial charge is 0.274 e. The van der Waals surface area contributed by atoms with Crippen molar-refractivity contribution in [3.8, 4) is 21.9 Å². The Morgan fingerprint density at radius 1 is 0.740 bits per heavy atom. The van der Waals surface area contributed by atoms with Crippen molar-refractivity contribution in [3.05, 3.63) is 35.4 Å². The van der Waals surface area contributed by atoms with E-state index >= 15 is 0 Å². The number of aromatic nitrogens is 2. The number of rotatable bonds is 14. The van der Waals surface area contributed by atoms with Gasteiger partial charge in [-0.15, -0.1) is 0 Å². The van der Waals surface area contributed by atoms with Crippen LogP contribution in [0.5, 0.6) is 21.9 Å². The summed E-state index contributed by atoms with van der Waals surface area (Å²) in [7, 11) is 0. The van der Waals surface area contributed by atoms with E-state index < -0.39 is 6.10 Å². The Hall–Kier alpha value is -2.74. The molecule has 2 aromatic heterocycles. The SMILES string of the molecule is CC(C)Oc1nc2c(OC(C)(C)C)ccc([C@H](O)CNC3CCC(N[C@@H](CO)c4ccc(OC(C)(C)C)c5nc(OC(C)C)sc45)CC3)c2s1. The predicted octanol–water partition coefficient (Wildman–Crippen LogP) is 8.09. The molecule has 0 aliphatic heterocycles. The lowest BCUT2D eigenvalue weighted by Crippen LogP contribution is -2.42. The fourth-order valence-corrected chi connectivity index (χ4v) is 8.45. The molecule has 2 atom stereocenters. The van der Waals surface area contributed by atoms with Crippen LogP contribution >= 0.6 is 22.7 Å². The van der Waals surface area contributed by atoms with Gasteiger partial charge in [0.2, 0.25) is 0 Å². The van der Waals surface area contributed by atoms with E-state index in [1.54, 1.807) is 0 Å². The fourth-order valence-electron chi connectivity index (χ4n) is 6.21. The van der Waals surface area contributed by atoms with E-state index in [0.717, 1.165) is 57.2 Å². The van der Waals surface area contributed by atoms with Crippen molar-refractivity contribution in [2.45, 2.75) is 143 Å². The molecule has 0 spiro atoms. The lowest BCUT2D eigenvalue weighted by molar-refractivity contribution is 0.132. The number of hydrogen-bond donors (Lipinski definition) is 4. The van der Waals surface area contributed by atoms with Crippen molar-refractivity contribution in [1.82, 2.24) is 20.6 Å². The third-order valence-corrected chi connectivity index (χ3v) is 10.2. The van der Waals surface area contributed by atoms with Gasteiger partial charge >= 0.3 is 0 Å². The van der Waals surface area contributed by atoms with E-state index in [1.165, 1.54) is 22.7 Å². The summed E-state index contributed by atoms with van der Waals surface area (Å²) >= 11 is 2.95. The summed E-state index contributed by atoms with van der Waals surface area (Å²) in [6.07, 6.45) is 3.12. The molecule has 12 heteroatoms. The summed E-state index contributed by atoms with van der Waals surface area (Å²) in [6, 6.07) is 8.15. The van der Waals surface area contributed by atoms with Crippen LogP contribution in [0.15, 0.2) is 24.3 Å². The second-order valence-electron chi connectivity index (χ2n) is 15.8. The molecule has 1 aliphatic carbocycles. The van der Waals surface area contributed by atoms with E-state index in [9.17, 15) is 10.2 Å². The van der Waals surface area contributed by atoms with Gasteiger partial charge in [0.25, 0.3) is 10.4 Å². The summed E-state index contributed by atoms with van der Waals surface area (Å²) in [4.78, 5) is 9.53. The first-order chi connectivity index (χ1) is 23.5. The summed E-state index contributed by atoms with van der Waals surface area (Å²) in [6.45, 7) is 20.4. The highest BCUT2D eigenvalue weighted by Crippen LogP contribution is 2.42. The van der Waals surface area contributed by atoms with Crippen LogP contribution < -0.4 is 29.6 Å². The minimum Gasteiger partial charge on any atom is -0.486 e. The van der Waals surface area contributed by atoms with Gasteiger partial charge in [0, 0.05) is 24.2 Å². The first-order valence-corrected chi connectivity index (χ1v) is 19.5. The van der Waals surface area contributed by atoms with Crippen molar-refractivity contribution >= 4 is 43.1 Å². The van der Waals surface area contributed by atoms with Gasteiger partial charge in [0.1, 0.15) is 33.7 Å². The number of benzene rings is 2. The summed E-state index contributed by atoms with van der Waals surface area (Å²) in [5, 5.41) is 30.5. The fraction of sp³-hybridized carbons (Fsp3) is 0.632. The minimum absolute atomic E-state index is 0.00197. The normalized spacial score (nSPS) is 18.6. The summed E-state index contributed by atoms with van der Waals surface area (Å²) in [5.41, 5.74) is 2.55. The molecule has 0 saturated heterocycles. The van der Waals surface area contributed by atoms with Crippen LogP contribution in [0.1, 0.15) is 118 Å². The highest BCUT2D eigenvalue weighted by molar-refractivity contribution is 7.20. The average molecular weight is 729 g/mol. The molecular weight excluding hydrogens is 673 g/mol. The van der Waals surface area contributed by atoms with Crippen molar-refractivity contribution < 1.29 is 29.2 Å². The lowest BCUT2D eigenvalue weighted by atomic mass is 9.90. The highest BCUT2D eigenvalue weighted by Gasteiger charge is 2.28. The molecule has 1 aliphatic rings. The van der Waals surface area contributed by atoms with Gasteiger partial charge in [-0.3, -0.25) is 0 Å². The highest BCUT2D eigenvalue weighted by atomic mass is 32.1. The number of ether oxygens (including phenoxy) is 4. The zero-order valence-corrected chi connectivity index (χ0v) is 32.9. The molecule has 1 saturated carbocycles. The molecule has 10 nitrogen and oxygen atoms in total. The van der Waals surface area contributed by atoms with E-state index in [4.69, 9.17) is 28.9 Å². The first kappa shape index (κ1) is 38.5. The Morgan fingerprint density at radius 2 is 1.20 bits per heavy atom. The van der Waals surface area contributed by atoms with Crippen molar-refractivity contribution in [2.75, 3.05) is 13.2 Å². The van der Waals surface area contributed by atoms with Gasteiger partial charge in [0.15, 0.2) is 0 Å². The molecule has 2 aromatic carbocycles. The van der Waals surface area contributed by atoms with Crippen LogP contribution in [0.4, 0.5) is 0 Å². The van der Waals surface area contributed by atoms with E-state index in [2.05, 4.69) is 10.6 Å². The number of fused-ring (bicyclic) bond motifs is 2. The molecule has 2 heterocycles. The number of aliphatic hydroxyl groups excluding tert-OH is 2. The van der Waals surface area contributed by atoms with Crippen LogP contribution in [0, 0.1) is 0 Å². The van der Waals surface area contributed by atoms with E-state index in [0.29, 0.717) is 28.4 Å². The zero-order chi connectivity index (χ0) is 36.4. The lowest BCUT2D eigenvalue weighted by Gasteiger charge is -2.33. The van der Waals surface area contributed by atoms with Gasteiger partial charge in [0.05, 0.1) is 40.4 Å². The minimum atomic E-state index is -0.709. The largest absolute Gasteiger partial charge is 0.486 e. The number of nitrogens with zero attached hydrogens (tertiary/aromatic N) is 2. The van der Waals surface area contributed by atoms with Gasteiger partial charge < -0.3 is 39.8 Å². The Bertz CT molecular complexity index is 1720. The molecule has 1 fully saturated rings. The zero-order valence-electron chi connectivity index (χ0n) is 31.3. The average Bonchev–Trinajstić information content (AvgIpc) is 3.62. The monoisotopic (exact) mass is 728 g/mol. The third-order valence-electron chi connectivity index (χ3n) is 8.22. The van der Waals surface area contributed by atoms with Crippen LogP contribution in [0.25, 0.3) is 20.4 Å². The van der Waals surface area contributed by atoms with Crippen molar-refractivity contribution in [1.29, 1.82) is 0 Å². The maximum atomic E-state index is 11.4. The van der Waals surface area contributed by atoms with Crippen LogP contribution in [-0.4, -0.2) is 68.8 Å². The molecule has 5 rings (SSSR count). The van der Waals surface area contributed by atoms with Gasteiger partial charge in [-0.25, -0.2) is 0 Å². The maximum Gasteiger partial charge on any atom is 0.274 e. The Balaban J connectivity index is 1.23. The molecule has 4 N–H and O–H groups in total. The number of aliphatic hydroxyl groups is 2. The van der Waals surface area contributed by atoms with E-state index in [-0.39, 0.29) is 48.1 Å². The number of thiazole rings is 2. The van der Waals surface area contributed by atoms with Gasteiger partial charge in [-0.05, 0) is 113 Å². The topological polar surface area (TPSA) is 127 Å².